The van der Waals surface area contributed by atoms with Gasteiger partial charge in [-0.05, 0) is 39.0 Å². The number of methoxy groups -OCH3 is 1. The Morgan fingerprint density at radius 1 is 1.19 bits per heavy atom. The van der Waals surface area contributed by atoms with Crippen LogP contribution in [0.1, 0.15) is 46.5 Å². The molecule has 5 rings (SSSR count). The molecule has 5 aliphatic rings. The summed E-state index contributed by atoms with van der Waals surface area (Å²) in [6, 6.07) is 0. The molecule has 6 atom stereocenters. The van der Waals surface area contributed by atoms with Crippen molar-refractivity contribution in [2.45, 2.75) is 64.1 Å². The Labute approximate surface area is 125 Å². The first-order valence-corrected chi connectivity index (χ1v) is 7.96. The van der Waals surface area contributed by atoms with Crippen LogP contribution in [0.5, 0.6) is 0 Å². The van der Waals surface area contributed by atoms with Crippen molar-refractivity contribution < 1.29 is 24.0 Å². The number of fused-ring (bicyclic) bond motifs is 2. The van der Waals surface area contributed by atoms with Gasteiger partial charge in [0.25, 0.3) is 5.95 Å². The van der Waals surface area contributed by atoms with Crippen LogP contribution in [0, 0.1) is 17.8 Å². The second-order valence-electron chi connectivity index (χ2n) is 7.15. The van der Waals surface area contributed by atoms with Gasteiger partial charge in [0.05, 0.1) is 7.11 Å². The van der Waals surface area contributed by atoms with Gasteiger partial charge < -0.3 is 14.2 Å². The highest BCUT2D eigenvalue weighted by Gasteiger charge is 2.68. The van der Waals surface area contributed by atoms with Gasteiger partial charge in [-0.1, -0.05) is 6.92 Å². The number of ether oxygens (including phenoxy) is 3. The minimum absolute atomic E-state index is 0.232. The molecule has 1 spiro atoms. The molecule has 0 amide bonds. The summed E-state index contributed by atoms with van der Waals surface area (Å²) < 4.78 is 17.6. The van der Waals surface area contributed by atoms with Gasteiger partial charge in [-0.25, -0.2) is 9.78 Å². The first-order chi connectivity index (χ1) is 10.00. The minimum Gasteiger partial charge on any atom is -0.469 e. The van der Waals surface area contributed by atoms with Crippen LogP contribution in [0.2, 0.25) is 0 Å². The molecule has 3 saturated heterocycles. The molecule has 2 bridgehead atoms. The molecular formula is C16H24O5. The zero-order chi connectivity index (χ0) is 14.8. The molecule has 1 unspecified atom stereocenters. The number of hydrogen-bond donors (Lipinski definition) is 0. The van der Waals surface area contributed by atoms with Crippen molar-refractivity contribution in [3.8, 4) is 0 Å². The lowest BCUT2D eigenvalue weighted by atomic mass is 9.60. The third kappa shape index (κ3) is 1.68. The second-order valence-corrected chi connectivity index (χ2v) is 7.15. The Kier molecular flexibility index (Phi) is 2.88. The van der Waals surface area contributed by atoms with E-state index in [1.54, 1.807) is 7.11 Å². The summed E-state index contributed by atoms with van der Waals surface area (Å²) in [5.74, 6) is 1.07. The average Bonchev–Trinajstić information content (AvgIpc) is 2.69. The molecule has 21 heavy (non-hydrogen) atoms. The Morgan fingerprint density at radius 2 is 2.00 bits per heavy atom. The molecule has 5 heteroatoms. The van der Waals surface area contributed by atoms with Crippen LogP contribution in [0.3, 0.4) is 0 Å². The molecule has 0 aromatic rings. The van der Waals surface area contributed by atoms with Crippen LogP contribution < -0.4 is 0 Å². The van der Waals surface area contributed by atoms with E-state index in [-0.39, 0.29) is 5.92 Å². The molecule has 1 saturated carbocycles. The zero-order valence-corrected chi connectivity index (χ0v) is 13.2. The minimum atomic E-state index is -0.721. The third-order valence-electron chi connectivity index (χ3n) is 5.96. The topological polar surface area (TPSA) is 46.2 Å². The molecule has 0 aromatic carbocycles. The highest BCUT2D eigenvalue weighted by atomic mass is 17.3. The van der Waals surface area contributed by atoms with E-state index < -0.39 is 17.7 Å². The summed E-state index contributed by atoms with van der Waals surface area (Å²) >= 11 is 0. The molecule has 0 radical (unpaired) electrons. The lowest BCUT2D eigenvalue weighted by Gasteiger charge is -2.56. The quantitative estimate of drug-likeness (QED) is 0.696. The first-order valence-electron chi connectivity index (χ1n) is 7.96. The molecule has 118 valence electrons. The van der Waals surface area contributed by atoms with Crippen molar-refractivity contribution in [2.75, 3.05) is 7.11 Å². The number of hydrogen-bond acceptors (Lipinski definition) is 5. The summed E-state index contributed by atoms with van der Waals surface area (Å²) in [7, 11) is 1.65. The average molecular weight is 296 g/mol. The van der Waals surface area contributed by atoms with Crippen molar-refractivity contribution in [1.29, 1.82) is 0 Å². The highest BCUT2D eigenvalue weighted by Crippen LogP contribution is 2.60. The van der Waals surface area contributed by atoms with Crippen molar-refractivity contribution in [2.24, 2.45) is 17.8 Å². The summed E-state index contributed by atoms with van der Waals surface area (Å²) in [4.78, 5) is 11.7. The van der Waals surface area contributed by atoms with Crippen molar-refractivity contribution in [3.05, 3.63) is 11.5 Å². The van der Waals surface area contributed by atoms with Crippen LogP contribution in [-0.2, 0) is 24.0 Å². The van der Waals surface area contributed by atoms with Crippen LogP contribution >= 0.6 is 0 Å². The second kappa shape index (κ2) is 4.37. The predicted octanol–water partition coefficient (Wildman–Crippen LogP) is 3.11. The van der Waals surface area contributed by atoms with Gasteiger partial charge in [-0.3, -0.25) is 0 Å². The van der Waals surface area contributed by atoms with Gasteiger partial charge in [0.2, 0.25) is 12.1 Å². The van der Waals surface area contributed by atoms with E-state index in [0.29, 0.717) is 17.8 Å². The van der Waals surface area contributed by atoms with E-state index in [9.17, 15) is 0 Å². The van der Waals surface area contributed by atoms with Gasteiger partial charge in [0.1, 0.15) is 0 Å². The molecule has 0 aromatic heterocycles. The molecule has 4 heterocycles. The fourth-order valence-corrected chi connectivity index (χ4v) is 4.80. The van der Waals surface area contributed by atoms with Crippen LogP contribution in [0.4, 0.5) is 0 Å². The first kappa shape index (κ1) is 13.9. The smallest absolute Gasteiger partial charge is 0.280 e. The van der Waals surface area contributed by atoms with Gasteiger partial charge in [0.15, 0.2) is 5.60 Å². The summed E-state index contributed by atoms with van der Waals surface area (Å²) in [6.07, 6.45) is 3.68. The summed E-state index contributed by atoms with van der Waals surface area (Å²) in [6.45, 7) is 6.31. The van der Waals surface area contributed by atoms with Crippen molar-refractivity contribution in [3.63, 3.8) is 0 Å². The number of rotatable bonds is 1. The summed E-state index contributed by atoms with van der Waals surface area (Å²) in [5, 5.41) is 0. The molecule has 5 nitrogen and oxygen atoms in total. The standard InChI is InChI=1S/C16H24O5/c1-9-5-6-12-10(2)13(17-4)18-14-16(12)11(9)7-8-15(3,19-14)20-21-16/h9,11-12,14H,5-8H2,1-4H3/t9-,11?,12+,14-,15+,16-/m1/s1. The molecule has 0 N–H and O–H groups in total. The van der Waals surface area contributed by atoms with E-state index in [0.717, 1.165) is 24.8 Å². The SMILES string of the molecule is COC1=C(C)[C@@H]2CC[C@@H](C)C3CC[C@]4(C)OO[C@]32[C@H](O1)O4. The van der Waals surface area contributed by atoms with Gasteiger partial charge in [-0.15, -0.1) is 0 Å². The Hall–Kier alpha value is -0.780. The maximum Gasteiger partial charge on any atom is 0.280 e. The van der Waals surface area contributed by atoms with E-state index in [1.165, 1.54) is 6.42 Å². The van der Waals surface area contributed by atoms with Gasteiger partial charge >= 0.3 is 0 Å². The molecule has 4 aliphatic heterocycles. The van der Waals surface area contributed by atoms with Crippen molar-refractivity contribution in [1.82, 2.24) is 0 Å². The lowest BCUT2D eigenvalue weighted by Crippen LogP contribution is -2.66. The molecule has 1 aliphatic carbocycles. The van der Waals surface area contributed by atoms with Crippen LogP contribution in [-0.4, -0.2) is 24.8 Å². The van der Waals surface area contributed by atoms with Crippen LogP contribution in [0.25, 0.3) is 0 Å². The monoisotopic (exact) mass is 296 g/mol. The maximum absolute atomic E-state index is 6.17. The van der Waals surface area contributed by atoms with E-state index in [2.05, 4.69) is 13.8 Å². The normalized spacial score (nSPS) is 52.0. The van der Waals surface area contributed by atoms with E-state index in [1.807, 2.05) is 6.92 Å². The van der Waals surface area contributed by atoms with Crippen molar-refractivity contribution >= 4 is 0 Å². The maximum atomic E-state index is 6.17. The highest BCUT2D eigenvalue weighted by molar-refractivity contribution is 5.21. The Morgan fingerprint density at radius 3 is 2.76 bits per heavy atom. The molecule has 4 fully saturated rings. The third-order valence-corrected chi connectivity index (χ3v) is 5.96. The lowest BCUT2D eigenvalue weighted by molar-refractivity contribution is -0.558. The Balaban J connectivity index is 1.86. The largest absolute Gasteiger partial charge is 0.469 e. The fourth-order valence-electron chi connectivity index (χ4n) is 4.80. The van der Waals surface area contributed by atoms with E-state index >= 15 is 0 Å². The summed E-state index contributed by atoms with van der Waals surface area (Å²) in [5.41, 5.74) is 0.586. The van der Waals surface area contributed by atoms with Crippen LogP contribution in [0.15, 0.2) is 11.5 Å². The predicted molar refractivity (Wildman–Crippen MR) is 73.6 cm³/mol. The molecular weight excluding hydrogens is 272 g/mol. The van der Waals surface area contributed by atoms with Gasteiger partial charge in [-0.2, -0.15) is 0 Å². The fraction of sp³-hybridized carbons (Fsp3) is 0.875. The zero-order valence-electron chi connectivity index (χ0n) is 13.2. The Bertz CT molecular complexity index is 489. The van der Waals surface area contributed by atoms with Gasteiger partial charge in [0, 0.05) is 23.8 Å². The van der Waals surface area contributed by atoms with E-state index in [4.69, 9.17) is 24.0 Å².